The first-order chi connectivity index (χ1) is 6.79. The Bertz CT molecular complexity index is 329. The minimum Gasteiger partial charge on any atom is -0.475 e. The van der Waals surface area contributed by atoms with Crippen LogP contribution >= 0.6 is 0 Å². The minimum atomic E-state index is -0.986. The van der Waals surface area contributed by atoms with Crippen molar-refractivity contribution in [2.24, 2.45) is 0 Å². The third kappa shape index (κ3) is 1.63. The van der Waals surface area contributed by atoms with Crippen molar-refractivity contribution in [2.45, 2.75) is 18.9 Å². The zero-order valence-corrected chi connectivity index (χ0v) is 7.72. The van der Waals surface area contributed by atoms with Crippen LogP contribution < -0.4 is 0 Å². The molecule has 0 saturated carbocycles. The molecule has 1 aromatic rings. The van der Waals surface area contributed by atoms with Crippen molar-refractivity contribution in [3.63, 3.8) is 0 Å². The van der Waals surface area contributed by atoms with Gasteiger partial charge in [-0.15, -0.1) is 0 Å². The molecule has 2 rings (SSSR count). The maximum absolute atomic E-state index is 10.8. The summed E-state index contributed by atoms with van der Waals surface area (Å²) >= 11 is 0. The van der Waals surface area contributed by atoms with Gasteiger partial charge in [0.05, 0.1) is 12.6 Å². The number of aromatic nitrogens is 2. The smallest absolute Gasteiger partial charge is 0.372 e. The zero-order valence-electron chi connectivity index (χ0n) is 7.72. The molecule has 76 valence electrons. The van der Waals surface area contributed by atoms with Crippen LogP contribution in [-0.4, -0.2) is 33.8 Å². The number of hydrogen-bond acceptors (Lipinski definition) is 3. The van der Waals surface area contributed by atoms with E-state index in [1.165, 1.54) is 6.20 Å². The largest absolute Gasteiger partial charge is 0.475 e. The Labute approximate surface area is 81.3 Å². The molecule has 0 aromatic carbocycles. The van der Waals surface area contributed by atoms with Gasteiger partial charge in [-0.3, -0.25) is 0 Å². The molecule has 1 aliphatic heterocycles. The normalized spacial score (nSPS) is 22.1. The first-order valence-electron chi connectivity index (χ1n) is 4.63. The van der Waals surface area contributed by atoms with Gasteiger partial charge >= 0.3 is 5.97 Å². The van der Waals surface area contributed by atoms with E-state index in [-0.39, 0.29) is 11.9 Å². The highest BCUT2D eigenvalue weighted by molar-refractivity contribution is 5.83. The van der Waals surface area contributed by atoms with Crippen LogP contribution in [0.15, 0.2) is 12.4 Å². The van der Waals surface area contributed by atoms with Crippen LogP contribution in [0, 0.1) is 0 Å². The Kier molecular flexibility index (Phi) is 2.49. The fourth-order valence-corrected chi connectivity index (χ4v) is 1.72. The minimum absolute atomic E-state index is 0.0977. The number of carboxylic acids is 1. The molecule has 1 aromatic heterocycles. The van der Waals surface area contributed by atoms with E-state index in [1.54, 1.807) is 10.8 Å². The number of imidazole rings is 1. The zero-order chi connectivity index (χ0) is 9.97. The second-order valence-corrected chi connectivity index (χ2v) is 3.33. The molecular weight excluding hydrogens is 184 g/mol. The summed E-state index contributed by atoms with van der Waals surface area (Å²) in [6.45, 7) is 1.35. The number of carbonyl (C=O) groups is 1. The average molecular weight is 196 g/mol. The molecule has 1 aliphatic rings. The highest BCUT2D eigenvalue weighted by Gasteiger charge is 2.20. The van der Waals surface area contributed by atoms with E-state index in [2.05, 4.69) is 4.98 Å². The number of hydrogen-bond donors (Lipinski definition) is 1. The van der Waals surface area contributed by atoms with E-state index in [0.717, 1.165) is 19.4 Å². The summed E-state index contributed by atoms with van der Waals surface area (Å²) in [5.41, 5.74) is 0. The Hall–Kier alpha value is -1.36. The highest BCUT2D eigenvalue weighted by atomic mass is 16.5. The van der Waals surface area contributed by atoms with Crippen molar-refractivity contribution in [3.8, 4) is 0 Å². The lowest BCUT2D eigenvalue weighted by Crippen LogP contribution is -2.23. The maximum Gasteiger partial charge on any atom is 0.372 e. The SMILES string of the molecule is O=C(O)c1nccn1C1CCCOC1. The van der Waals surface area contributed by atoms with Gasteiger partial charge < -0.3 is 14.4 Å². The van der Waals surface area contributed by atoms with Crippen molar-refractivity contribution in [2.75, 3.05) is 13.2 Å². The van der Waals surface area contributed by atoms with Crippen LogP contribution in [0.5, 0.6) is 0 Å². The van der Waals surface area contributed by atoms with Crippen molar-refractivity contribution in [1.82, 2.24) is 9.55 Å². The Balaban J connectivity index is 2.21. The monoisotopic (exact) mass is 196 g/mol. The first-order valence-corrected chi connectivity index (χ1v) is 4.63. The summed E-state index contributed by atoms with van der Waals surface area (Å²) < 4.78 is 6.98. The second-order valence-electron chi connectivity index (χ2n) is 3.33. The summed E-state index contributed by atoms with van der Waals surface area (Å²) in [5, 5.41) is 8.86. The van der Waals surface area contributed by atoms with Crippen molar-refractivity contribution >= 4 is 5.97 Å². The number of carboxylic acid groups (broad SMARTS) is 1. The van der Waals surface area contributed by atoms with Crippen molar-refractivity contribution in [3.05, 3.63) is 18.2 Å². The summed E-state index contributed by atoms with van der Waals surface area (Å²) in [6.07, 6.45) is 5.14. The standard InChI is InChI=1S/C9H12N2O3/c12-9(13)8-10-3-4-11(8)7-2-1-5-14-6-7/h3-4,7H,1-2,5-6H2,(H,12,13). The fourth-order valence-electron chi connectivity index (χ4n) is 1.72. The van der Waals surface area contributed by atoms with Gasteiger partial charge in [-0.1, -0.05) is 0 Å². The van der Waals surface area contributed by atoms with Crippen LogP contribution in [0.1, 0.15) is 29.5 Å². The molecule has 0 radical (unpaired) electrons. The lowest BCUT2D eigenvalue weighted by Gasteiger charge is -2.23. The number of rotatable bonds is 2. The molecule has 5 nitrogen and oxygen atoms in total. The molecule has 1 unspecified atom stereocenters. The van der Waals surface area contributed by atoms with E-state index in [4.69, 9.17) is 9.84 Å². The number of ether oxygens (including phenoxy) is 1. The molecule has 14 heavy (non-hydrogen) atoms. The Morgan fingerprint density at radius 2 is 2.57 bits per heavy atom. The number of nitrogens with zero attached hydrogens (tertiary/aromatic N) is 2. The quantitative estimate of drug-likeness (QED) is 0.764. The number of aromatic carboxylic acids is 1. The van der Waals surface area contributed by atoms with Crippen molar-refractivity contribution < 1.29 is 14.6 Å². The van der Waals surface area contributed by atoms with Crippen LogP contribution in [0.4, 0.5) is 0 Å². The van der Waals surface area contributed by atoms with Crippen LogP contribution in [0.3, 0.4) is 0 Å². The molecule has 2 heterocycles. The predicted molar refractivity (Wildman–Crippen MR) is 48.3 cm³/mol. The van der Waals surface area contributed by atoms with Gasteiger partial charge in [-0.25, -0.2) is 9.78 Å². The van der Waals surface area contributed by atoms with Gasteiger partial charge in [0.1, 0.15) is 0 Å². The van der Waals surface area contributed by atoms with Crippen LogP contribution in [-0.2, 0) is 4.74 Å². The van der Waals surface area contributed by atoms with E-state index in [1.807, 2.05) is 0 Å². The molecule has 1 atom stereocenters. The van der Waals surface area contributed by atoms with Gasteiger partial charge in [0.15, 0.2) is 0 Å². The molecule has 0 amide bonds. The van der Waals surface area contributed by atoms with Gasteiger partial charge in [0.2, 0.25) is 5.82 Å². The van der Waals surface area contributed by atoms with Gasteiger partial charge in [-0.2, -0.15) is 0 Å². The Morgan fingerprint density at radius 3 is 3.21 bits per heavy atom. The lowest BCUT2D eigenvalue weighted by atomic mass is 10.1. The van der Waals surface area contributed by atoms with Crippen LogP contribution in [0.25, 0.3) is 0 Å². The highest BCUT2D eigenvalue weighted by Crippen LogP contribution is 2.20. The second kappa shape index (κ2) is 3.79. The summed E-state index contributed by atoms with van der Waals surface area (Å²) in [4.78, 5) is 14.6. The molecule has 0 bridgehead atoms. The lowest BCUT2D eigenvalue weighted by molar-refractivity contribution is 0.0534. The van der Waals surface area contributed by atoms with Crippen molar-refractivity contribution in [1.29, 1.82) is 0 Å². The van der Waals surface area contributed by atoms with E-state index in [0.29, 0.717) is 6.61 Å². The first kappa shape index (κ1) is 9.21. The van der Waals surface area contributed by atoms with Gasteiger partial charge in [0.25, 0.3) is 0 Å². The van der Waals surface area contributed by atoms with Gasteiger partial charge in [-0.05, 0) is 12.8 Å². The molecule has 1 N–H and O–H groups in total. The third-order valence-electron chi connectivity index (χ3n) is 2.39. The predicted octanol–water partition coefficient (Wildman–Crippen LogP) is 0.933. The summed E-state index contributed by atoms with van der Waals surface area (Å²) in [7, 11) is 0. The maximum atomic E-state index is 10.8. The average Bonchev–Trinajstić information content (AvgIpc) is 2.67. The molecule has 5 heteroatoms. The molecule has 0 spiro atoms. The van der Waals surface area contributed by atoms with Gasteiger partial charge in [0, 0.05) is 19.0 Å². The summed E-state index contributed by atoms with van der Waals surface area (Å²) in [6, 6.07) is 0.123. The van der Waals surface area contributed by atoms with Crippen LogP contribution in [0.2, 0.25) is 0 Å². The molecule has 0 aliphatic carbocycles. The molecule has 1 saturated heterocycles. The van der Waals surface area contributed by atoms with E-state index in [9.17, 15) is 4.79 Å². The third-order valence-corrected chi connectivity index (χ3v) is 2.39. The Morgan fingerprint density at radius 1 is 1.71 bits per heavy atom. The van der Waals surface area contributed by atoms with E-state index < -0.39 is 5.97 Å². The molecular formula is C9H12N2O3. The molecule has 1 fully saturated rings. The summed E-state index contributed by atoms with van der Waals surface area (Å²) in [5.74, 6) is -0.888. The topological polar surface area (TPSA) is 64.3 Å². The van der Waals surface area contributed by atoms with E-state index >= 15 is 0 Å². The fraction of sp³-hybridized carbons (Fsp3) is 0.556.